The Morgan fingerprint density at radius 3 is 2.76 bits per heavy atom. The lowest BCUT2D eigenvalue weighted by Gasteiger charge is -2.09. The van der Waals surface area contributed by atoms with E-state index in [1.165, 1.54) is 6.07 Å². The van der Waals surface area contributed by atoms with Gasteiger partial charge in [0.2, 0.25) is 0 Å². The Bertz CT molecular complexity index is 394. The Hall–Kier alpha value is -0.720. The van der Waals surface area contributed by atoms with Gasteiger partial charge < -0.3 is 4.74 Å². The van der Waals surface area contributed by atoms with Crippen LogP contribution in [-0.4, -0.2) is 12.6 Å². The molecule has 0 fully saturated rings. The summed E-state index contributed by atoms with van der Waals surface area (Å²) in [5, 5.41) is 0. The van der Waals surface area contributed by atoms with Crippen molar-refractivity contribution in [1.29, 1.82) is 0 Å². The van der Waals surface area contributed by atoms with Crippen LogP contribution in [0.15, 0.2) is 18.2 Å². The van der Waals surface area contributed by atoms with Crippen molar-refractivity contribution in [2.24, 2.45) is 0 Å². The van der Waals surface area contributed by atoms with Crippen LogP contribution < -0.4 is 0 Å². The molecule has 0 aliphatic rings. The maximum Gasteiger partial charge on any atom is 0.306 e. The van der Waals surface area contributed by atoms with Crippen LogP contribution in [0.2, 0.25) is 0 Å². The lowest BCUT2D eigenvalue weighted by molar-refractivity contribution is -0.143. The van der Waals surface area contributed by atoms with Crippen molar-refractivity contribution in [3.8, 4) is 0 Å². The van der Waals surface area contributed by atoms with E-state index in [1.807, 2.05) is 22.6 Å². The first-order valence-corrected chi connectivity index (χ1v) is 6.35. The Labute approximate surface area is 112 Å². The fourth-order valence-electron chi connectivity index (χ4n) is 1.43. The maximum absolute atomic E-state index is 12.6. The van der Waals surface area contributed by atoms with Gasteiger partial charge >= 0.3 is 5.97 Å². The lowest BCUT2D eigenvalue weighted by atomic mass is 10.1. The van der Waals surface area contributed by atoms with Crippen LogP contribution in [0, 0.1) is 3.57 Å². The zero-order valence-electron chi connectivity index (χ0n) is 9.38. The molecule has 0 amide bonds. The second kappa shape index (κ2) is 6.88. The summed E-state index contributed by atoms with van der Waals surface area (Å²) in [5.41, 5.74) is 0.781. The fraction of sp³-hybridized carbons (Fsp3) is 0.417. The molecule has 0 spiro atoms. The van der Waals surface area contributed by atoms with Gasteiger partial charge in [-0.3, -0.25) is 4.79 Å². The molecule has 0 unspecified atom stereocenters. The van der Waals surface area contributed by atoms with Gasteiger partial charge in [-0.15, -0.1) is 0 Å². The van der Waals surface area contributed by atoms with E-state index >= 15 is 0 Å². The molecule has 0 N–H and O–H groups in total. The molecule has 1 aromatic carbocycles. The van der Waals surface area contributed by atoms with Gasteiger partial charge in [0.1, 0.15) is 0 Å². The van der Waals surface area contributed by atoms with E-state index in [9.17, 15) is 13.6 Å². The van der Waals surface area contributed by atoms with E-state index in [0.717, 1.165) is 5.56 Å². The molecule has 1 rings (SSSR count). The largest absolute Gasteiger partial charge is 0.466 e. The van der Waals surface area contributed by atoms with E-state index in [2.05, 4.69) is 0 Å². The number of esters is 1. The first-order chi connectivity index (χ1) is 8.06. The topological polar surface area (TPSA) is 26.3 Å². The first kappa shape index (κ1) is 14.3. The van der Waals surface area contributed by atoms with Gasteiger partial charge in [-0.1, -0.05) is 18.2 Å². The van der Waals surface area contributed by atoms with Crippen LogP contribution in [0.5, 0.6) is 0 Å². The average molecular weight is 354 g/mol. The first-order valence-electron chi connectivity index (χ1n) is 5.27. The number of hydrogen-bond donors (Lipinski definition) is 0. The summed E-state index contributed by atoms with van der Waals surface area (Å²) in [7, 11) is 0. The number of carbonyl (C=O) groups is 1. The summed E-state index contributed by atoms with van der Waals surface area (Å²) in [4.78, 5) is 11.2. The summed E-state index contributed by atoms with van der Waals surface area (Å²) in [5.74, 6) is -0.300. The molecule has 1 aromatic rings. The quantitative estimate of drug-likeness (QED) is 0.595. The summed E-state index contributed by atoms with van der Waals surface area (Å²) >= 11 is 1.89. The van der Waals surface area contributed by atoms with Gasteiger partial charge in [0.05, 0.1) is 6.61 Å². The number of hydrogen-bond acceptors (Lipinski definition) is 2. The molecule has 0 atom stereocenters. The fourth-order valence-corrected chi connectivity index (χ4v) is 2.30. The van der Waals surface area contributed by atoms with E-state index in [0.29, 0.717) is 16.6 Å². The van der Waals surface area contributed by atoms with Crippen molar-refractivity contribution in [1.82, 2.24) is 0 Å². The average Bonchev–Trinajstić information content (AvgIpc) is 2.27. The van der Waals surface area contributed by atoms with Gasteiger partial charge in [-0.05, 0) is 41.5 Å². The van der Waals surface area contributed by atoms with Crippen molar-refractivity contribution >= 4 is 28.6 Å². The van der Waals surface area contributed by atoms with Crippen LogP contribution >= 0.6 is 22.6 Å². The Balaban J connectivity index is 2.72. The summed E-state index contributed by atoms with van der Waals surface area (Å²) in [6.07, 6.45) is -1.83. The van der Waals surface area contributed by atoms with Gasteiger partial charge in [0.25, 0.3) is 6.43 Å². The Morgan fingerprint density at radius 2 is 2.18 bits per heavy atom. The molecule has 5 heteroatoms. The van der Waals surface area contributed by atoms with E-state index in [4.69, 9.17) is 4.74 Å². The molecule has 0 aliphatic carbocycles. The molecule has 17 heavy (non-hydrogen) atoms. The SMILES string of the molecule is CCOC(=O)CCc1cccc(C(F)F)c1I. The summed E-state index contributed by atoms with van der Waals surface area (Å²) in [6.45, 7) is 2.08. The van der Waals surface area contributed by atoms with Crippen LogP contribution in [0.3, 0.4) is 0 Å². The highest BCUT2D eigenvalue weighted by Gasteiger charge is 2.14. The minimum atomic E-state index is -2.48. The molecule has 0 heterocycles. The number of carbonyl (C=O) groups excluding carboxylic acids is 1. The van der Waals surface area contributed by atoms with Crippen LogP contribution in [0.25, 0.3) is 0 Å². The van der Waals surface area contributed by atoms with Gasteiger partial charge in [-0.2, -0.15) is 0 Å². The molecular weight excluding hydrogens is 341 g/mol. The zero-order valence-corrected chi connectivity index (χ0v) is 11.5. The van der Waals surface area contributed by atoms with Crippen LogP contribution in [0.1, 0.15) is 30.9 Å². The molecule has 0 radical (unpaired) electrons. The number of benzene rings is 1. The van der Waals surface area contributed by atoms with Gasteiger partial charge in [0, 0.05) is 15.6 Å². The minimum Gasteiger partial charge on any atom is -0.466 e. The third-order valence-corrected chi connectivity index (χ3v) is 3.56. The normalized spacial score (nSPS) is 10.6. The van der Waals surface area contributed by atoms with E-state index in [-0.39, 0.29) is 18.0 Å². The third kappa shape index (κ3) is 4.22. The standard InChI is InChI=1S/C12H13F2IO2/c1-2-17-10(16)7-6-8-4-3-5-9(11(8)15)12(13)14/h3-5,12H,2,6-7H2,1H3. The Morgan fingerprint density at radius 1 is 1.47 bits per heavy atom. The Kier molecular flexibility index (Phi) is 5.80. The number of alkyl halides is 2. The highest BCUT2D eigenvalue weighted by molar-refractivity contribution is 14.1. The number of rotatable bonds is 5. The van der Waals surface area contributed by atoms with Crippen molar-refractivity contribution in [2.75, 3.05) is 6.61 Å². The molecule has 0 saturated heterocycles. The summed E-state index contributed by atoms with van der Waals surface area (Å²) < 4.78 is 30.6. The van der Waals surface area contributed by atoms with Gasteiger partial charge in [-0.25, -0.2) is 8.78 Å². The lowest BCUT2D eigenvalue weighted by Crippen LogP contribution is -2.06. The molecule has 2 nitrogen and oxygen atoms in total. The zero-order chi connectivity index (χ0) is 12.8. The molecule has 0 aromatic heterocycles. The molecule has 0 bridgehead atoms. The predicted molar refractivity (Wildman–Crippen MR) is 69.1 cm³/mol. The summed E-state index contributed by atoms with van der Waals surface area (Å²) in [6, 6.07) is 4.75. The number of ether oxygens (including phenoxy) is 1. The predicted octanol–water partition coefficient (Wildman–Crippen LogP) is 3.72. The molecular formula is C12H13F2IO2. The second-order valence-electron chi connectivity index (χ2n) is 3.43. The monoisotopic (exact) mass is 354 g/mol. The molecule has 94 valence electrons. The van der Waals surface area contributed by atoms with Crippen molar-refractivity contribution in [3.05, 3.63) is 32.9 Å². The van der Waals surface area contributed by atoms with Crippen LogP contribution in [0.4, 0.5) is 8.78 Å². The highest BCUT2D eigenvalue weighted by atomic mass is 127. The van der Waals surface area contributed by atoms with Crippen molar-refractivity contribution in [2.45, 2.75) is 26.2 Å². The van der Waals surface area contributed by atoms with Crippen LogP contribution in [-0.2, 0) is 16.0 Å². The molecule has 0 saturated carbocycles. The highest BCUT2D eigenvalue weighted by Crippen LogP contribution is 2.27. The van der Waals surface area contributed by atoms with Gasteiger partial charge in [0.15, 0.2) is 0 Å². The van der Waals surface area contributed by atoms with E-state index < -0.39 is 6.43 Å². The maximum atomic E-state index is 12.6. The van der Waals surface area contributed by atoms with Crippen molar-refractivity contribution in [3.63, 3.8) is 0 Å². The number of halogens is 3. The third-order valence-electron chi connectivity index (χ3n) is 2.25. The van der Waals surface area contributed by atoms with E-state index in [1.54, 1.807) is 19.1 Å². The smallest absolute Gasteiger partial charge is 0.306 e. The minimum absolute atomic E-state index is 0.0203. The number of aryl methyl sites for hydroxylation is 1. The van der Waals surface area contributed by atoms with Crippen molar-refractivity contribution < 1.29 is 18.3 Å². The second-order valence-corrected chi connectivity index (χ2v) is 4.50. The molecule has 0 aliphatic heterocycles.